The van der Waals surface area contributed by atoms with E-state index in [4.69, 9.17) is 4.74 Å². The molecule has 126 valence electrons. The highest BCUT2D eigenvalue weighted by Gasteiger charge is 2.42. The maximum atomic E-state index is 13.4. The first kappa shape index (κ1) is 18.2. The van der Waals surface area contributed by atoms with Crippen LogP contribution in [-0.2, 0) is 4.74 Å². The van der Waals surface area contributed by atoms with Gasteiger partial charge >= 0.3 is 0 Å². The average molecular weight is 333 g/mol. The largest absolute Gasteiger partial charge is 0.379 e. The van der Waals surface area contributed by atoms with Crippen LogP contribution >= 0.6 is 11.8 Å². The van der Waals surface area contributed by atoms with Crippen LogP contribution in [0.25, 0.3) is 0 Å². The molecule has 0 aliphatic carbocycles. The van der Waals surface area contributed by atoms with Gasteiger partial charge in [0.25, 0.3) is 0 Å². The van der Waals surface area contributed by atoms with E-state index < -0.39 is 5.54 Å². The summed E-state index contributed by atoms with van der Waals surface area (Å²) in [6.07, 6.45) is 7.76. The van der Waals surface area contributed by atoms with Gasteiger partial charge in [0.15, 0.2) is 5.78 Å². The number of nitrogens with zero attached hydrogens (tertiary/aromatic N) is 1. The third-order valence-corrected chi connectivity index (χ3v) is 5.41. The molecule has 1 saturated heterocycles. The summed E-state index contributed by atoms with van der Waals surface area (Å²) in [6, 6.07) is 8.00. The topological polar surface area (TPSA) is 29.5 Å². The summed E-state index contributed by atoms with van der Waals surface area (Å²) in [5.41, 5.74) is 0.345. The molecule has 23 heavy (non-hydrogen) atoms. The van der Waals surface area contributed by atoms with Crippen molar-refractivity contribution in [3.8, 4) is 0 Å². The van der Waals surface area contributed by atoms with E-state index in [0.29, 0.717) is 13.2 Å². The minimum atomic E-state index is -0.461. The SMILES string of the molecule is CC=CCC(CC)(C(=O)c1ccc(SC)cc1)N1CCOCC1. The van der Waals surface area contributed by atoms with Crippen LogP contribution in [0.2, 0.25) is 0 Å². The molecule has 1 fully saturated rings. The van der Waals surface area contributed by atoms with Crippen LogP contribution in [0.15, 0.2) is 41.3 Å². The number of hydrogen-bond acceptors (Lipinski definition) is 4. The molecular weight excluding hydrogens is 306 g/mol. The number of Topliss-reactive ketones (excluding diaryl/α,β-unsaturated/α-hetero) is 1. The summed E-state index contributed by atoms with van der Waals surface area (Å²) in [7, 11) is 0. The van der Waals surface area contributed by atoms with E-state index in [9.17, 15) is 4.79 Å². The van der Waals surface area contributed by atoms with Crippen LogP contribution in [-0.4, -0.2) is 48.8 Å². The zero-order valence-corrected chi connectivity index (χ0v) is 15.2. The maximum Gasteiger partial charge on any atom is 0.183 e. The van der Waals surface area contributed by atoms with Crippen molar-refractivity contribution in [3.05, 3.63) is 42.0 Å². The van der Waals surface area contributed by atoms with Crippen molar-refractivity contribution in [3.63, 3.8) is 0 Å². The summed E-state index contributed by atoms with van der Waals surface area (Å²) < 4.78 is 5.49. The minimum absolute atomic E-state index is 0.229. The molecule has 0 amide bonds. The Morgan fingerprint density at radius 1 is 1.30 bits per heavy atom. The monoisotopic (exact) mass is 333 g/mol. The van der Waals surface area contributed by atoms with E-state index in [-0.39, 0.29) is 5.78 Å². The number of carbonyl (C=O) groups is 1. The van der Waals surface area contributed by atoms with E-state index in [2.05, 4.69) is 17.9 Å². The molecule has 0 radical (unpaired) electrons. The highest BCUT2D eigenvalue weighted by atomic mass is 32.2. The minimum Gasteiger partial charge on any atom is -0.379 e. The average Bonchev–Trinajstić information content (AvgIpc) is 2.63. The second-order valence-electron chi connectivity index (χ2n) is 5.82. The summed E-state index contributed by atoms with van der Waals surface area (Å²) in [4.78, 5) is 16.9. The van der Waals surface area contributed by atoms with Crippen molar-refractivity contribution < 1.29 is 9.53 Å². The summed E-state index contributed by atoms with van der Waals surface area (Å²) >= 11 is 1.69. The summed E-state index contributed by atoms with van der Waals surface area (Å²) in [5, 5.41) is 0. The predicted molar refractivity (Wildman–Crippen MR) is 97.4 cm³/mol. The van der Waals surface area contributed by atoms with E-state index >= 15 is 0 Å². The van der Waals surface area contributed by atoms with Gasteiger partial charge in [-0.1, -0.05) is 31.2 Å². The van der Waals surface area contributed by atoms with Gasteiger partial charge in [0.1, 0.15) is 0 Å². The van der Waals surface area contributed by atoms with E-state index in [1.807, 2.05) is 43.5 Å². The van der Waals surface area contributed by atoms with Gasteiger partial charge < -0.3 is 4.74 Å². The molecule has 2 rings (SSSR count). The maximum absolute atomic E-state index is 13.4. The lowest BCUT2D eigenvalue weighted by Gasteiger charge is -2.44. The number of benzene rings is 1. The fourth-order valence-corrected chi connectivity index (χ4v) is 3.62. The normalized spacial score (nSPS) is 18.9. The number of ketones is 1. The Kier molecular flexibility index (Phi) is 6.88. The quantitative estimate of drug-likeness (QED) is 0.428. The molecule has 1 aliphatic rings. The van der Waals surface area contributed by atoms with Crippen molar-refractivity contribution >= 4 is 17.5 Å². The number of thioether (sulfide) groups is 1. The predicted octanol–water partition coefficient (Wildman–Crippen LogP) is 4.04. The highest BCUT2D eigenvalue weighted by Crippen LogP contribution is 2.31. The highest BCUT2D eigenvalue weighted by molar-refractivity contribution is 7.98. The van der Waals surface area contributed by atoms with Crippen molar-refractivity contribution in [2.45, 2.75) is 37.1 Å². The molecule has 4 heteroatoms. The first-order valence-corrected chi connectivity index (χ1v) is 9.53. The molecule has 0 saturated carbocycles. The van der Waals surface area contributed by atoms with Crippen LogP contribution in [0.3, 0.4) is 0 Å². The molecule has 1 heterocycles. The first-order chi connectivity index (χ1) is 11.2. The summed E-state index contributed by atoms with van der Waals surface area (Å²) in [6.45, 7) is 7.18. The molecule has 1 atom stereocenters. The zero-order chi connectivity index (χ0) is 16.7. The van der Waals surface area contributed by atoms with Gasteiger partial charge in [-0.05, 0) is 38.2 Å². The third-order valence-electron chi connectivity index (χ3n) is 4.67. The molecule has 0 N–H and O–H groups in total. The van der Waals surface area contributed by atoms with Crippen molar-refractivity contribution in [1.82, 2.24) is 4.90 Å². The van der Waals surface area contributed by atoms with Gasteiger partial charge in [-0.15, -0.1) is 11.8 Å². The lowest BCUT2D eigenvalue weighted by atomic mass is 9.81. The van der Waals surface area contributed by atoms with E-state index in [1.54, 1.807) is 11.8 Å². The Bertz CT molecular complexity index is 535. The smallest absolute Gasteiger partial charge is 0.183 e. The Morgan fingerprint density at radius 2 is 1.96 bits per heavy atom. The second-order valence-corrected chi connectivity index (χ2v) is 6.69. The number of hydrogen-bond donors (Lipinski definition) is 0. The molecule has 3 nitrogen and oxygen atoms in total. The molecule has 0 aromatic heterocycles. The van der Waals surface area contributed by atoms with Gasteiger partial charge in [0, 0.05) is 23.5 Å². The van der Waals surface area contributed by atoms with Crippen LogP contribution in [0.1, 0.15) is 37.0 Å². The summed E-state index contributed by atoms with van der Waals surface area (Å²) in [5.74, 6) is 0.229. The van der Waals surface area contributed by atoms with E-state index in [1.165, 1.54) is 4.90 Å². The van der Waals surface area contributed by atoms with Crippen LogP contribution < -0.4 is 0 Å². The Balaban J connectivity index is 2.34. The fourth-order valence-electron chi connectivity index (χ4n) is 3.21. The van der Waals surface area contributed by atoms with Gasteiger partial charge in [-0.2, -0.15) is 0 Å². The molecular formula is C19H27NO2S. The Hall–Kier alpha value is -1.10. The van der Waals surface area contributed by atoms with Crippen LogP contribution in [0, 0.1) is 0 Å². The fraction of sp³-hybridized carbons (Fsp3) is 0.526. The lowest BCUT2D eigenvalue weighted by Crippen LogP contribution is -2.57. The number of ether oxygens (including phenoxy) is 1. The molecule has 0 spiro atoms. The Morgan fingerprint density at radius 3 is 2.48 bits per heavy atom. The van der Waals surface area contributed by atoms with Gasteiger partial charge in [0.05, 0.1) is 18.8 Å². The number of morpholine rings is 1. The second kappa shape index (κ2) is 8.67. The lowest BCUT2D eigenvalue weighted by molar-refractivity contribution is -0.0154. The Labute approximate surface area is 144 Å². The number of allylic oxidation sites excluding steroid dienone is 1. The van der Waals surface area contributed by atoms with Crippen LogP contribution in [0.5, 0.6) is 0 Å². The van der Waals surface area contributed by atoms with Gasteiger partial charge in [-0.25, -0.2) is 0 Å². The van der Waals surface area contributed by atoms with Crippen molar-refractivity contribution in [1.29, 1.82) is 0 Å². The molecule has 1 aliphatic heterocycles. The van der Waals surface area contributed by atoms with E-state index in [0.717, 1.165) is 31.5 Å². The molecule has 1 aromatic rings. The first-order valence-electron chi connectivity index (χ1n) is 8.30. The molecule has 0 bridgehead atoms. The zero-order valence-electron chi connectivity index (χ0n) is 14.4. The third kappa shape index (κ3) is 4.06. The molecule has 1 unspecified atom stereocenters. The van der Waals surface area contributed by atoms with Crippen molar-refractivity contribution in [2.24, 2.45) is 0 Å². The van der Waals surface area contributed by atoms with Gasteiger partial charge in [0.2, 0.25) is 0 Å². The number of carbonyl (C=O) groups excluding carboxylic acids is 1. The van der Waals surface area contributed by atoms with Crippen molar-refractivity contribution in [2.75, 3.05) is 32.6 Å². The number of rotatable bonds is 7. The standard InChI is InChI=1S/C19H27NO2S/c1-4-6-11-19(5-2,20-12-14-22-15-13-20)18(21)16-7-9-17(23-3)10-8-16/h4,6-10H,5,11-15H2,1-3H3. The van der Waals surface area contributed by atoms with Gasteiger partial charge in [-0.3, -0.25) is 9.69 Å². The van der Waals surface area contributed by atoms with Crippen LogP contribution in [0.4, 0.5) is 0 Å². The molecule has 1 aromatic carbocycles.